The minimum atomic E-state index is -0.804. The Balaban J connectivity index is 2.21. The molecule has 6 nitrogen and oxygen atoms in total. The highest BCUT2D eigenvalue weighted by molar-refractivity contribution is 5.81. The van der Waals surface area contributed by atoms with Crippen LogP contribution in [0.2, 0.25) is 0 Å². The van der Waals surface area contributed by atoms with E-state index < -0.39 is 29.2 Å². The first-order valence-corrected chi connectivity index (χ1v) is 14.8. The van der Waals surface area contributed by atoms with E-state index in [4.69, 9.17) is 9.47 Å². The van der Waals surface area contributed by atoms with Crippen LogP contribution in [0.3, 0.4) is 0 Å². The fraction of sp³-hybridized carbons (Fsp3) is 0.588. The number of carbonyl (C=O) groups excluding carboxylic acids is 1. The van der Waals surface area contributed by atoms with Crippen LogP contribution in [0.15, 0.2) is 72.9 Å². The van der Waals surface area contributed by atoms with Crippen LogP contribution in [0, 0.1) is 11.3 Å². The van der Waals surface area contributed by atoms with Gasteiger partial charge in [-0.05, 0) is 71.6 Å². The largest absolute Gasteiger partial charge is 0.481 e. The number of hydrogen-bond acceptors (Lipinski definition) is 4. The van der Waals surface area contributed by atoms with Gasteiger partial charge in [-0.1, -0.05) is 93.7 Å². The van der Waals surface area contributed by atoms with Gasteiger partial charge in [-0.3, -0.25) is 9.59 Å². The average Bonchev–Trinajstić information content (AvgIpc) is 2.90. The Labute approximate surface area is 243 Å². The Kier molecular flexibility index (Phi) is 17.9. The number of allylic oxidation sites excluding steroid dienone is 12. The van der Waals surface area contributed by atoms with Gasteiger partial charge in [-0.2, -0.15) is 0 Å². The molecule has 1 aliphatic heterocycles. The highest BCUT2D eigenvalue weighted by Gasteiger charge is 2.45. The third-order valence-electron chi connectivity index (χ3n) is 6.54. The van der Waals surface area contributed by atoms with Crippen molar-refractivity contribution in [1.82, 2.24) is 5.32 Å². The van der Waals surface area contributed by atoms with E-state index in [2.05, 4.69) is 73.0 Å². The highest BCUT2D eigenvalue weighted by Crippen LogP contribution is 2.34. The van der Waals surface area contributed by atoms with Crippen LogP contribution in [-0.2, 0) is 19.1 Å². The molecule has 2 atom stereocenters. The molecule has 0 aromatic carbocycles. The van der Waals surface area contributed by atoms with Gasteiger partial charge < -0.3 is 19.9 Å². The molecule has 0 radical (unpaired) electrons. The maximum atomic E-state index is 12.7. The number of hydrogen-bond donors (Lipinski definition) is 2. The van der Waals surface area contributed by atoms with E-state index >= 15 is 0 Å². The summed E-state index contributed by atoms with van der Waals surface area (Å²) in [5.41, 5.74) is -0.431. The Morgan fingerprint density at radius 1 is 0.825 bits per heavy atom. The molecule has 0 aliphatic carbocycles. The first-order chi connectivity index (χ1) is 19.1. The molecule has 1 heterocycles. The summed E-state index contributed by atoms with van der Waals surface area (Å²) in [4.78, 5) is 24.4. The number of nitrogens with one attached hydrogen (secondary N) is 1. The zero-order valence-electron chi connectivity index (χ0n) is 25.4. The summed E-state index contributed by atoms with van der Waals surface area (Å²) in [5.74, 6) is -2.24. The van der Waals surface area contributed by atoms with Crippen LogP contribution >= 0.6 is 0 Å². The SMILES string of the molecule is CC/C=C\C/C=C\C/C=C\C/C=C\C/C=C\C/C=C\CC(CCCNC(=O)[C@@H]1OC(C)(C)OCC1(C)C)C(=O)O. The Hall–Kier alpha value is -2.70. The van der Waals surface area contributed by atoms with Gasteiger partial charge in [0.25, 0.3) is 0 Å². The van der Waals surface area contributed by atoms with Gasteiger partial charge in [-0.25, -0.2) is 0 Å². The molecular formula is C34H53NO5. The molecule has 0 aromatic rings. The van der Waals surface area contributed by atoms with Crippen molar-refractivity contribution in [2.24, 2.45) is 11.3 Å². The van der Waals surface area contributed by atoms with Crippen LogP contribution in [0.5, 0.6) is 0 Å². The van der Waals surface area contributed by atoms with Crippen molar-refractivity contribution in [2.75, 3.05) is 13.2 Å². The lowest BCUT2D eigenvalue weighted by molar-refractivity contribution is -0.304. The maximum Gasteiger partial charge on any atom is 0.306 e. The summed E-state index contributed by atoms with van der Waals surface area (Å²) in [6.45, 7) is 10.5. The number of carbonyl (C=O) groups is 2. The van der Waals surface area contributed by atoms with Gasteiger partial charge in [0.2, 0.25) is 5.91 Å². The molecule has 0 spiro atoms. The Morgan fingerprint density at radius 3 is 1.77 bits per heavy atom. The predicted molar refractivity (Wildman–Crippen MR) is 165 cm³/mol. The quantitative estimate of drug-likeness (QED) is 0.125. The molecule has 1 aliphatic rings. The van der Waals surface area contributed by atoms with Gasteiger partial charge >= 0.3 is 5.97 Å². The van der Waals surface area contributed by atoms with E-state index in [0.29, 0.717) is 32.4 Å². The summed E-state index contributed by atoms with van der Waals surface area (Å²) in [6, 6.07) is 0. The van der Waals surface area contributed by atoms with Crippen molar-refractivity contribution in [1.29, 1.82) is 0 Å². The van der Waals surface area contributed by atoms with Crippen LogP contribution in [-0.4, -0.2) is 42.0 Å². The predicted octanol–water partition coefficient (Wildman–Crippen LogP) is 7.85. The molecule has 1 rings (SSSR count). The van der Waals surface area contributed by atoms with Crippen LogP contribution in [0.4, 0.5) is 0 Å². The lowest BCUT2D eigenvalue weighted by Gasteiger charge is -2.44. The van der Waals surface area contributed by atoms with E-state index in [0.717, 1.165) is 38.5 Å². The van der Waals surface area contributed by atoms with Gasteiger partial charge in [-0.15, -0.1) is 0 Å². The lowest BCUT2D eigenvalue weighted by Crippen LogP contribution is -2.56. The van der Waals surface area contributed by atoms with E-state index in [1.807, 2.05) is 26.0 Å². The first kappa shape index (κ1) is 35.3. The second-order valence-corrected chi connectivity index (χ2v) is 11.3. The van der Waals surface area contributed by atoms with Crippen molar-refractivity contribution in [2.45, 2.75) is 104 Å². The van der Waals surface area contributed by atoms with Crippen molar-refractivity contribution in [3.63, 3.8) is 0 Å². The Morgan fingerprint density at radius 2 is 1.30 bits per heavy atom. The molecule has 1 unspecified atom stereocenters. The zero-order valence-corrected chi connectivity index (χ0v) is 25.4. The smallest absolute Gasteiger partial charge is 0.306 e. The number of aliphatic carboxylic acids is 1. The van der Waals surface area contributed by atoms with Crippen LogP contribution in [0.25, 0.3) is 0 Å². The number of ether oxygens (including phenoxy) is 2. The molecule has 1 saturated heterocycles. The monoisotopic (exact) mass is 555 g/mol. The van der Waals surface area contributed by atoms with Gasteiger partial charge in [0.05, 0.1) is 12.5 Å². The highest BCUT2D eigenvalue weighted by atomic mass is 16.7. The van der Waals surface area contributed by atoms with Gasteiger partial charge in [0, 0.05) is 12.0 Å². The minimum Gasteiger partial charge on any atom is -0.481 e. The van der Waals surface area contributed by atoms with Crippen molar-refractivity contribution < 1.29 is 24.2 Å². The van der Waals surface area contributed by atoms with E-state index in [9.17, 15) is 14.7 Å². The lowest BCUT2D eigenvalue weighted by atomic mass is 9.85. The van der Waals surface area contributed by atoms with Crippen molar-refractivity contribution >= 4 is 11.9 Å². The molecule has 0 bridgehead atoms. The standard InChI is InChI=1S/C34H53NO5/c1-6-7-8-9-10-11-12-13-14-15-16-17-18-19-20-21-22-23-25-29(32(37)38)26-24-27-35-31(36)30-33(2,3)28-39-34(4,5)40-30/h7-8,10-11,13-14,16-17,19-20,22-23,29-30H,6,9,12,15,18,21,24-28H2,1-5H3,(H,35,36)(H,37,38)/b8-7-,11-10-,14-13-,17-16-,20-19-,23-22-/t29?,30-/m0/s1. The second-order valence-electron chi connectivity index (χ2n) is 11.3. The summed E-state index contributed by atoms with van der Waals surface area (Å²) >= 11 is 0. The van der Waals surface area contributed by atoms with Crippen LogP contribution < -0.4 is 5.32 Å². The van der Waals surface area contributed by atoms with Gasteiger partial charge in [0.15, 0.2) is 5.79 Å². The topological polar surface area (TPSA) is 84.9 Å². The summed E-state index contributed by atoms with van der Waals surface area (Å²) in [7, 11) is 0. The molecule has 2 N–H and O–H groups in total. The average molecular weight is 556 g/mol. The third kappa shape index (κ3) is 16.4. The van der Waals surface area contributed by atoms with E-state index in [-0.39, 0.29) is 5.91 Å². The van der Waals surface area contributed by atoms with E-state index in [1.54, 1.807) is 13.8 Å². The van der Waals surface area contributed by atoms with Gasteiger partial charge in [0.1, 0.15) is 6.10 Å². The molecule has 1 fully saturated rings. The van der Waals surface area contributed by atoms with Crippen molar-refractivity contribution in [3.05, 3.63) is 72.9 Å². The fourth-order valence-electron chi connectivity index (χ4n) is 4.10. The first-order valence-electron chi connectivity index (χ1n) is 14.8. The van der Waals surface area contributed by atoms with E-state index in [1.165, 1.54) is 0 Å². The second kappa shape index (κ2) is 20.2. The molecule has 40 heavy (non-hydrogen) atoms. The molecule has 0 aromatic heterocycles. The molecule has 224 valence electrons. The number of rotatable bonds is 19. The minimum absolute atomic E-state index is 0.176. The maximum absolute atomic E-state index is 12.7. The van der Waals surface area contributed by atoms with Crippen molar-refractivity contribution in [3.8, 4) is 0 Å². The number of carboxylic acid groups (broad SMARTS) is 1. The molecular weight excluding hydrogens is 502 g/mol. The fourth-order valence-corrected chi connectivity index (χ4v) is 4.10. The summed E-state index contributed by atoms with van der Waals surface area (Å²) in [6.07, 6.45) is 32.3. The summed E-state index contributed by atoms with van der Waals surface area (Å²) < 4.78 is 11.5. The molecule has 1 amide bonds. The number of amides is 1. The molecule has 6 heteroatoms. The summed E-state index contributed by atoms with van der Waals surface area (Å²) in [5, 5.41) is 12.5. The normalized spacial score (nSPS) is 20.1. The zero-order chi connectivity index (χ0) is 29.7. The third-order valence-corrected chi connectivity index (χ3v) is 6.54. The Bertz CT molecular complexity index is 907. The molecule has 0 saturated carbocycles. The van der Waals surface area contributed by atoms with Crippen LogP contribution in [0.1, 0.15) is 92.4 Å². The number of carboxylic acids is 1.